The topological polar surface area (TPSA) is 0 Å². The molecule has 9 rings (SSSR count). The Bertz CT molecular complexity index is 2420. The largest absolute Gasteiger partial charge is 0.135 e. The van der Waals surface area contributed by atoms with E-state index < -0.39 is 0 Å². The van der Waals surface area contributed by atoms with E-state index in [1.807, 2.05) is 11.3 Å². The quantitative estimate of drug-likeness (QED) is 0.200. The molecule has 1 heteroatoms. The lowest BCUT2D eigenvalue weighted by atomic mass is 9.72. The van der Waals surface area contributed by atoms with Gasteiger partial charge in [0.1, 0.15) is 0 Å². The summed E-state index contributed by atoms with van der Waals surface area (Å²) >= 11 is 1.90. The highest BCUT2D eigenvalue weighted by Gasteiger charge is 2.30. The van der Waals surface area contributed by atoms with Crippen LogP contribution in [0.3, 0.4) is 0 Å². The number of thiophene rings is 1. The van der Waals surface area contributed by atoms with E-state index in [4.69, 9.17) is 0 Å². The molecular formula is C42H28S. The summed E-state index contributed by atoms with van der Waals surface area (Å²) in [5, 5.41) is 7.96. The summed E-state index contributed by atoms with van der Waals surface area (Å²) in [6.07, 6.45) is 7.96. The molecule has 2 aliphatic carbocycles. The fourth-order valence-electron chi connectivity index (χ4n) is 7.43. The lowest BCUT2D eigenvalue weighted by molar-refractivity contribution is 0.798. The normalized spacial score (nSPS) is 16.0. The molecule has 1 aromatic heterocycles. The van der Waals surface area contributed by atoms with E-state index >= 15 is 0 Å². The summed E-state index contributed by atoms with van der Waals surface area (Å²) in [6.45, 7) is 0. The van der Waals surface area contributed by atoms with E-state index in [1.165, 1.54) is 80.4 Å². The van der Waals surface area contributed by atoms with Crippen LogP contribution >= 0.6 is 11.3 Å². The van der Waals surface area contributed by atoms with E-state index in [0.29, 0.717) is 5.92 Å². The van der Waals surface area contributed by atoms with E-state index in [2.05, 4.69) is 152 Å². The molecule has 6 aromatic carbocycles. The van der Waals surface area contributed by atoms with Crippen LogP contribution in [0.5, 0.6) is 0 Å². The summed E-state index contributed by atoms with van der Waals surface area (Å²) < 4.78 is 2.70. The summed E-state index contributed by atoms with van der Waals surface area (Å²) in [5.74, 6) is 0.322. The van der Waals surface area contributed by atoms with Crippen LogP contribution in [-0.4, -0.2) is 0 Å². The first kappa shape index (κ1) is 24.6. The van der Waals surface area contributed by atoms with E-state index in [1.54, 1.807) is 0 Å². The van der Waals surface area contributed by atoms with Crippen molar-refractivity contribution in [3.63, 3.8) is 0 Å². The summed E-state index contributed by atoms with van der Waals surface area (Å²) in [7, 11) is 0. The molecule has 0 radical (unpaired) electrons. The number of benzene rings is 6. The van der Waals surface area contributed by atoms with Crippen molar-refractivity contribution in [1.82, 2.24) is 0 Å². The zero-order chi connectivity index (χ0) is 28.3. The van der Waals surface area contributed by atoms with Crippen LogP contribution in [0.4, 0.5) is 0 Å². The van der Waals surface area contributed by atoms with Crippen molar-refractivity contribution in [3.05, 3.63) is 179 Å². The third-order valence-electron chi connectivity index (χ3n) is 9.26. The molecule has 1 heterocycles. The first-order valence-corrected chi connectivity index (χ1v) is 15.9. The van der Waals surface area contributed by atoms with Gasteiger partial charge in [-0.3, -0.25) is 0 Å². The monoisotopic (exact) mass is 564 g/mol. The van der Waals surface area contributed by atoms with Crippen LogP contribution < -0.4 is 10.4 Å². The summed E-state index contributed by atoms with van der Waals surface area (Å²) in [4.78, 5) is 0. The molecule has 0 saturated heterocycles. The van der Waals surface area contributed by atoms with Crippen LogP contribution in [-0.2, 0) is 0 Å². The van der Waals surface area contributed by atoms with Crippen LogP contribution in [0.15, 0.2) is 157 Å². The Morgan fingerprint density at radius 1 is 0.512 bits per heavy atom. The Morgan fingerprint density at radius 2 is 1.19 bits per heavy atom. The zero-order valence-corrected chi connectivity index (χ0v) is 24.4. The molecule has 0 amide bonds. The zero-order valence-electron chi connectivity index (χ0n) is 23.6. The molecule has 0 saturated carbocycles. The molecular weight excluding hydrogens is 537 g/mol. The van der Waals surface area contributed by atoms with Gasteiger partial charge in [-0.1, -0.05) is 146 Å². The molecule has 0 bridgehead atoms. The molecule has 1 unspecified atom stereocenters. The maximum absolute atomic E-state index is 2.39. The Hall–Kier alpha value is -4.98. The third-order valence-corrected chi connectivity index (χ3v) is 10.5. The number of fused-ring (bicyclic) bond motifs is 6. The second-order valence-electron chi connectivity index (χ2n) is 11.5. The van der Waals surface area contributed by atoms with Crippen molar-refractivity contribution < 1.29 is 0 Å². The van der Waals surface area contributed by atoms with Crippen molar-refractivity contribution in [2.45, 2.75) is 6.42 Å². The highest BCUT2D eigenvalue weighted by molar-refractivity contribution is 7.26. The molecule has 0 fully saturated rings. The van der Waals surface area contributed by atoms with Crippen molar-refractivity contribution in [3.8, 4) is 11.1 Å². The van der Waals surface area contributed by atoms with Gasteiger partial charge in [0, 0.05) is 31.7 Å². The number of allylic oxidation sites excluding steroid dienone is 4. The van der Waals surface area contributed by atoms with Gasteiger partial charge >= 0.3 is 0 Å². The van der Waals surface area contributed by atoms with Gasteiger partial charge in [0.05, 0.1) is 0 Å². The highest BCUT2D eigenvalue weighted by Crippen LogP contribution is 2.45. The van der Waals surface area contributed by atoms with Gasteiger partial charge in [-0.15, -0.1) is 11.3 Å². The average molecular weight is 565 g/mol. The number of hydrogen-bond donors (Lipinski definition) is 0. The second-order valence-corrected chi connectivity index (χ2v) is 12.6. The Labute approximate surface area is 254 Å². The van der Waals surface area contributed by atoms with Crippen molar-refractivity contribution in [1.29, 1.82) is 0 Å². The highest BCUT2D eigenvalue weighted by atomic mass is 32.1. The maximum Gasteiger partial charge on any atom is 0.0434 e. The first-order valence-electron chi connectivity index (χ1n) is 15.1. The fraction of sp³-hybridized carbons (Fsp3) is 0.0476. The molecule has 7 aromatic rings. The molecule has 2 aliphatic rings. The summed E-state index contributed by atoms with van der Waals surface area (Å²) in [6, 6.07) is 49.4. The molecule has 0 spiro atoms. The number of rotatable bonds is 3. The third kappa shape index (κ3) is 3.75. The summed E-state index contributed by atoms with van der Waals surface area (Å²) in [5.41, 5.74) is 9.47. The second kappa shape index (κ2) is 9.80. The molecule has 1 atom stereocenters. The minimum atomic E-state index is 0.322. The van der Waals surface area contributed by atoms with Gasteiger partial charge in [0.25, 0.3) is 0 Å². The minimum absolute atomic E-state index is 0.322. The smallest absolute Gasteiger partial charge is 0.0434 e. The van der Waals surface area contributed by atoms with E-state index in [0.717, 1.165) is 6.42 Å². The molecule has 0 aliphatic heterocycles. The van der Waals surface area contributed by atoms with Gasteiger partial charge in [-0.05, 0) is 67.1 Å². The standard InChI is InChI=1S/C42H28S/c1-2-13-27(14-3-1)40-32-18-6-8-20-34(32)41(35-21-9-7-19-33(35)40)36-26-25-30(28-15-4-5-16-29(28)36)37-22-12-23-38-31-17-10-11-24-39(31)43-42(37)38/h1-18,20-26,33H,19H2. The molecule has 43 heavy (non-hydrogen) atoms. The van der Waals surface area contributed by atoms with Crippen LogP contribution in [0.1, 0.15) is 17.5 Å². The van der Waals surface area contributed by atoms with Gasteiger partial charge in [-0.25, -0.2) is 0 Å². The Morgan fingerprint density at radius 3 is 2.05 bits per heavy atom. The van der Waals surface area contributed by atoms with Gasteiger partial charge in [0.2, 0.25) is 0 Å². The fourth-order valence-corrected chi connectivity index (χ4v) is 8.66. The first-order chi connectivity index (χ1) is 21.4. The van der Waals surface area contributed by atoms with Gasteiger partial charge in [0.15, 0.2) is 0 Å². The Balaban J connectivity index is 1.36. The lowest BCUT2D eigenvalue weighted by Gasteiger charge is -2.31. The van der Waals surface area contributed by atoms with Crippen molar-refractivity contribution in [2.24, 2.45) is 5.92 Å². The maximum atomic E-state index is 2.39. The molecule has 202 valence electrons. The van der Waals surface area contributed by atoms with E-state index in [9.17, 15) is 0 Å². The predicted octanol–water partition coefficient (Wildman–Crippen LogP) is 9.79. The average Bonchev–Trinajstić information content (AvgIpc) is 3.46. The molecule has 0 N–H and O–H groups in total. The van der Waals surface area contributed by atoms with Crippen molar-refractivity contribution >= 4 is 53.4 Å². The SMILES string of the molecule is C1=CCC2C(=C1)C(c1ccc(-c3cccc4c3sc3ccccc34)c3ccccc13)=c1ccccc1=C2c1ccccc1. The van der Waals surface area contributed by atoms with Gasteiger partial charge < -0.3 is 0 Å². The van der Waals surface area contributed by atoms with Crippen LogP contribution in [0, 0.1) is 5.92 Å². The predicted molar refractivity (Wildman–Crippen MR) is 185 cm³/mol. The lowest BCUT2D eigenvalue weighted by Crippen LogP contribution is -2.37. The minimum Gasteiger partial charge on any atom is -0.135 e. The Kier molecular flexibility index (Phi) is 5.61. The van der Waals surface area contributed by atoms with Gasteiger partial charge in [-0.2, -0.15) is 0 Å². The van der Waals surface area contributed by atoms with Crippen molar-refractivity contribution in [2.75, 3.05) is 0 Å². The number of hydrogen-bond acceptors (Lipinski definition) is 1. The van der Waals surface area contributed by atoms with Crippen LogP contribution in [0.25, 0.3) is 53.2 Å². The van der Waals surface area contributed by atoms with E-state index in [-0.39, 0.29) is 0 Å². The van der Waals surface area contributed by atoms with Crippen LogP contribution in [0.2, 0.25) is 0 Å². The molecule has 0 nitrogen and oxygen atoms in total.